The van der Waals surface area contributed by atoms with Crippen LogP contribution in [0.5, 0.6) is 0 Å². The van der Waals surface area contributed by atoms with E-state index in [4.69, 9.17) is 0 Å². The number of anilines is 2. The van der Waals surface area contributed by atoms with Gasteiger partial charge < -0.3 is 10.2 Å². The number of hydrogen-bond donors (Lipinski definition) is 1. The number of pyridine rings is 1. The molecular formula is C12H11Br2N3OS. The molecule has 0 aliphatic carbocycles. The van der Waals surface area contributed by atoms with Gasteiger partial charge in [0.25, 0.3) is 5.91 Å². The third-order valence-corrected chi connectivity index (χ3v) is 4.70. The van der Waals surface area contributed by atoms with Crippen LogP contribution in [0.4, 0.5) is 11.5 Å². The minimum Gasteiger partial charge on any atom is -0.363 e. The quantitative estimate of drug-likeness (QED) is 0.841. The molecule has 19 heavy (non-hydrogen) atoms. The van der Waals surface area contributed by atoms with E-state index in [2.05, 4.69) is 42.2 Å². The van der Waals surface area contributed by atoms with Crippen LogP contribution in [0.1, 0.15) is 10.4 Å². The summed E-state index contributed by atoms with van der Waals surface area (Å²) in [6, 6.07) is 5.47. The highest BCUT2D eigenvalue weighted by molar-refractivity contribution is 9.12. The number of nitrogens with one attached hydrogen (secondary N) is 1. The van der Waals surface area contributed by atoms with Crippen molar-refractivity contribution in [2.75, 3.05) is 24.3 Å². The molecule has 0 fully saturated rings. The number of aromatic nitrogens is 1. The molecule has 0 atom stereocenters. The smallest absolute Gasteiger partial charge is 0.257 e. The van der Waals surface area contributed by atoms with Crippen LogP contribution in [0.15, 0.2) is 32.0 Å². The molecule has 0 saturated heterocycles. The van der Waals surface area contributed by atoms with E-state index < -0.39 is 0 Å². The lowest BCUT2D eigenvalue weighted by molar-refractivity contribution is 0.102. The number of amides is 1. The summed E-state index contributed by atoms with van der Waals surface area (Å²) >= 11 is 8.18. The first-order chi connectivity index (χ1) is 8.97. The van der Waals surface area contributed by atoms with Gasteiger partial charge in [-0.15, -0.1) is 11.3 Å². The molecule has 0 unspecified atom stereocenters. The predicted octanol–water partition coefficient (Wildman–Crippen LogP) is 3.99. The van der Waals surface area contributed by atoms with Crippen molar-refractivity contribution in [3.8, 4) is 0 Å². The zero-order valence-corrected chi connectivity index (χ0v) is 14.3. The maximum atomic E-state index is 12.1. The van der Waals surface area contributed by atoms with Gasteiger partial charge in [0.15, 0.2) is 0 Å². The molecule has 0 bridgehead atoms. The fourth-order valence-electron chi connectivity index (χ4n) is 1.42. The standard InChI is InChI=1S/C12H11Br2N3OS/c1-17(2)10-4-3-7(6-15-10)16-12(18)8-5-9(13)19-11(8)14/h3-6H,1-2H3,(H,16,18). The molecule has 2 aromatic rings. The van der Waals surface area contributed by atoms with Crippen molar-refractivity contribution >= 4 is 60.6 Å². The van der Waals surface area contributed by atoms with E-state index in [1.54, 1.807) is 12.3 Å². The summed E-state index contributed by atoms with van der Waals surface area (Å²) in [6.07, 6.45) is 1.64. The molecule has 2 aromatic heterocycles. The monoisotopic (exact) mass is 403 g/mol. The van der Waals surface area contributed by atoms with Crippen LogP contribution in [-0.4, -0.2) is 25.0 Å². The number of nitrogens with zero attached hydrogens (tertiary/aromatic N) is 2. The molecule has 0 saturated carbocycles. The second kappa shape index (κ2) is 6.02. The minimum absolute atomic E-state index is 0.159. The highest BCUT2D eigenvalue weighted by Crippen LogP contribution is 2.32. The van der Waals surface area contributed by atoms with Gasteiger partial charge in [-0.1, -0.05) is 0 Å². The van der Waals surface area contributed by atoms with Crippen LogP contribution < -0.4 is 10.2 Å². The van der Waals surface area contributed by atoms with Crippen LogP contribution in [0.3, 0.4) is 0 Å². The Balaban J connectivity index is 2.13. The number of halogens is 2. The summed E-state index contributed by atoms with van der Waals surface area (Å²) in [4.78, 5) is 18.2. The summed E-state index contributed by atoms with van der Waals surface area (Å²) in [5.74, 6) is 0.686. The van der Waals surface area contributed by atoms with Crippen molar-refractivity contribution in [3.63, 3.8) is 0 Å². The average molecular weight is 405 g/mol. The maximum Gasteiger partial charge on any atom is 0.257 e. The topological polar surface area (TPSA) is 45.2 Å². The summed E-state index contributed by atoms with van der Waals surface area (Å²) in [5, 5.41) is 2.81. The number of rotatable bonds is 3. The van der Waals surface area contributed by atoms with E-state index in [1.165, 1.54) is 11.3 Å². The molecule has 0 spiro atoms. The predicted molar refractivity (Wildman–Crippen MR) is 86.2 cm³/mol. The van der Waals surface area contributed by atoms with Crippen molar-refractivity contribution in [1.82, 2.24) is 4.98 Å². The van der Waals surface area contributed by atoms with Crippen molar-refractivity contribution in [2.45, 2.75) is 0 Å². The Labute approximate surface area is 132 Å². The Morgan fingerprint density at radius 2 is 2.11 bits per heavy atom. The fraction of sp³-hybridized carbons (Fsp3) is 0.167. The van der Waals surface area contributed by atoms with Gasteiger partial charge in [-0.3, -0.25) is 4.79 Å². The molecule has 100 valence electrons. The summed E-state index contributed by atoms with van der Waals surface area (Å²) in [6.45, 7) is 0. The SMILES string of the molecule is CN(C)c1ccc(NC(=O)c2cc(Br)sc2Br)cn1. The first-order valence-electron chi connectivity index (χ1n) is 5.37. The van der Waals surface area contributed by atoms with Gasteiger partial charge in [0.1, 0.15) is 5.82 Å². The maximum absolute atomic E-state index is 12.1. The lowest BCUT2D eigenvalue weighted by Gasteiger charge is -2.11. The molecule has 0 aromatic carbocycles. The Morgan fingerprint density at radius 3 is 2.58 bits per heavy atom. The third-order valence-electron chi connectivity index (χ3n) is 2.37. The largest absolute Gasteiger partial charge is 0.363 e. The first-order valence-corrected chi connectivity index (χ1v) is 7.77. The number of carbonyl (C=O) groups is 1. The van der Waals surface area contributed by atoms with Crippen molar-refractivity contribution in [3.05, 3.63) is 37.5 Å². The highest BCUT2D eigenvalue weighted by Gasteiger charge is 2.13. The lowest BCUT2D eigenvalue weighted by atomic mass is 10.3. The van der Waals surface area contributed by atoms with Gasteiger partial charge in [-0.2, -0.15) is 0 Å². The number of carbonyl (C=O) groups excluding carboxylic acids is 1. The molecule has 4 nitrogen and oxygen atoms in total. The van der Waals surface area contributed by atoms with E-state index >= 15 is 0 Å². The van der Waals surface area contributed by atoms with Crippen molar-refractivity contribution in [1.29, 1.82) is 0 Å². The summed E-state index contributed by atoms with van der Waals surface area (Å²) in [7, 11) is 3.83. The van der Waals surface area contributed by atoms with E-state index in [9.17, 15) is 4.79 Å². The van der Waals surface area contributed by atoms with Crippen LogP contribution in [-0.2, 0) is 0 Å². The van der Waals surface area contributed by atoms with Crippen LogP contribution in [0.2, 0.25) is 0 Å². The molecule has 0 aliphatic heterocycles. The normalized spacial score (nSPS) is 10.3. The summed E-state index contributed by atoms with van der Waals surface area (Å²) in [5.41, 5.74) is 1.28. The van der Waals surface area contributed by atoms with E-state index in [0.29, 0.717) is 11.3 Å². The zero-order chi connectivity index (χ0) is 14.0. The van der Waals surface area contributed by atoms with Gasteiger partial charge in [0, 0.05) is 14.1 Å². The molecule has 0 radical (unpaired) electrons. The second-order valence-corrected chi connectivity index (χ2v) is 7.74. The number of thiophene rings is 1. The lowest BCUT2D eigenvalue weighted by Crippen LogP contribution is -2.13. The van der Waals surface area contributed by atoms with Crippen LogP contribution >= 0.6 is 43.2 Å². The van der Waals surface area contributed by atoms with Crippen LogP contribution in [0, 0.1) is 0 Å². The van der Waals surface area contributed by atoms with Crippen molar-refractivity contribution < 1.29 is 4.79 Å². The minimum atomic E-state index is -0.159. The fourth-order valence-corrected chi connectivity index (χ4v) is 4.21. The Hall–Kier alpha value is -0.920. The Morgan fingerprint density at radius 1 is 1.37 bits per heavy atom. The van der Waals surface area contributed by atoms with E-state index in [-0.39, 0.29) is 5.91 Å². The second-order valence-electron chi connectivity index (χ2n) is 3.99. The van der Waals surface area contributed by atoms with Gasteiger partial charge in [-0.25, -0.2) is 4.98 Å². The van der Waals surface area contributed by atoms with Gasteiger partial charge in [-0.05, 0) is 50.1 Å². The molecule has 2 rings (SSSR count). The molecule has 1 N–H and O–H groups in total. The average Bonchev–Trinajstić information content (AvgIpc) is 2.69. The molecular weight excluding hydrogens is 394 g/mol. The first kappa shape index (κ1) is 14.5. The van der Waals surface area contributed by atoms with E-state index in [0.717, 1.165) is 13.4 Å². The van der Waals surface area contributed by atoms with Gasteiger partial charge in [0.2, 0.25) is 0 Å². The molecule has 1 amide bonds. The molecule has 2 heterocycles. The third kappa shape index (κ3) is 3.55. The number of hydrogen-bond acceptors (Lipinski definition) is 4. The summed E-state index contributed by atoms with van der Waals surface area (Å²) < 4.78 is 1.71. The highest BCUT2D eigenvalue weighted by atomic mass is 79.9. The van der Waals surface area contributed by atoms with E-state index in [1.807, 2.05) is 31.1 Å². The van der Waals surface area contributed by atoms with Crippen LogP contribution in [0.25, 0.3) is 0 Å². The van der Waals surface area contributed by atoms with Gasteiger partial charge in [0.05, 0.1) is 25.0 Å². The molecule has 0 aliphatic rings. The zero-order valence-electron chi connectivity index (χ0n) is 10.3. The van der Waals surface area contributed by atoms with Gasteiger partial charge >= 0.3 is 0 Å². The Kier molecular flexibility index (Phi) is 4.59. The molecule has 7 heteroatoms. The Bertz CT molecular complexity index is 596. The van der Waals surface area contributed by atoms with Crippen molar-refractivity contribution in [2.24, 2.45) is 0 Å².